The van der Waals surface area contributed by atoms with Crippen molar-refractivity contribution in [2.24, 2.45) is 0 Å². The van der Waals surface area contributed by atoms with Crippen LogP contribution in [0.25, 0.3) is 11.1 Å². The van der Waals surface area contributed by atoms with Crippen LogP contribution in [0.5, 0.6) is 17.2 Å². The molecule has 184 valence electrons. The second-order valence-corrected chi connectivity index (χ2v) is 8.54. The number of rotatable bonds is 12. The number of esters is 1. The van der Waals surface area contributed by atoms with Gasteiger partial charge in [0, 0.05) is 24.7 Å². The van der Waals surface area contributed by atoms with Gasteiger partial charge in [-0.2, -0.15) is 0 Å². The van der Waals surface area contributed by atoms with Crippen LogP contribution in [0.3, 0.4) is 0 Å². The normalized spacial score (nSPS) is 12.9. The molecule has 3 rings (SSSR count). The van der Waals surface area contributed by atoms with Gasteiger partial charge in [0.25, 0.3) is 0 Å². The third kappa shape index (κ3) is 6.07. The van der Waals surface area contributed by atoms with E-state index in [2.05, 4.69) is 0 Å². The van der Waals surface area contributed by atoms with Gasteiger partial charge in [0.2, 0.25) is 5.75 Å². The van der Waals surface area contributed by atoms with Crippen LogP contribution >= 0.6 is 0 Å². The highest BCUT2D eigenvalue weighted by molar-refractivity contribution is 6.01. The van der Waals surface area contributed by atoms with Crippen molar-refractivity contribution in [1.82, 2.24) is 0 Å². The number of Topliss-reactive ketones (excluding diaryl/α,β-unsaturated/α-hetero) is 1. The summed E-state index contributed by atoms with van der Waals surface area (Å²) in [5.41, 5.74) is 2.53. The molecule has 1 aliphatic carbocycles. The number of methoxy groups -OCH3 is 3. The summed E-state index contributed by atoms with van der Waals surface area (Å²) in [5.74, 6) is 1.08. The zero-order valence-electron chi connectivity index (χ0n) is 20.4. The number of ether oxygens (including phenoxy) is 6. The highest BCUT2D eigenvalue weighted by Crippen LogP contribution is 2.45. The average Bonchev–Trinajstić information content (AvgIpc) is 3.19. The van der Waals surface area contributed by atoms with Crippen molar-refractivity contribution in [3.63, 3.8) is 0 Å². The SMILES string of the molecule is COCCOCC(=O)OC(C)(C)COc1c(-c2ccc3c(c2)CCC3=O)ccc(OC)c1OC. The number of hydrogen-bond acceptors (Lipinski definition) is 8. The third-order valence-electron chi connectivity index (χ3n) is 5.44. The van der Waals surface area contributed by atoms with Gasteiger partial charge >= 0.3 is 5.97 Å². The van der Waals surface area contributed by atoms with E-state index in [0.717, 1.165) is 28.7 Å². The molecule has 0 radical (unpaired) electrons. The molecule has 0 aromatic heterocycles. The number of hydrogen-bond donors (Lipinski definition) is 0. The standard InChI is InChI=1S/C26H32O8/c1-26(2,34-23(28)15-32-13-12-29-3)16-33-24-20(9-11-22(30-4)25(24)31-5)18-6-8-19-17(14-18)7-10-21(19)27/h6,8-9,11,14H,7,10,12-13,15-16H2,1-5H3. The Bertz CT molecular complexity index is 1030. The molecule has 0 unspecified atom stereocenters. The van der Waals surface area contributed by atoms with Crippen molar-refractivity contribution in [2.75, 3.05) is 47.8 Å². The number of aryl methyl sites for hydroxylation is 1. The van der Waals surface area contributed by atoms with Crippen molar-refractivity contribution < 1.29 is 38.0 Å². The molecule has 0 heterocycles. The lowest BCUT2D eigenvalue weighted by molar-refractivity contribution is -0.164. The van der Waals surface area contributed by atoms with Gasteiger partial charge in [-0.25, -0.2) is 4.79 Å². The highest BCUT2D eigenvalue weighted by Gasteiger charge is 2.27. The maximum atomic E-state index is 12.2. The fourth-order valence-corrected chi connectivity index (χ4v) is 3.80. The molecular weight excluding hydrogens is 440 g/mol. The molecule has 0 fully saturated rings. The molecule has 8 heteroatoms. The molecule has 0 atom stereocenters. The summed E-state index contributed by atoms with van der Waals surface area (Å²) in [5, 5.41) is 0. The monoisotopic (exact) mass is 472 g/mol. The minimum atomic E-state index is -0.933. The maximum Gasteiger partial charge on any atom is 0.332 e. The van der Waals surface area contributed by atoms with Gasteiger partial charge in [-0.05, 0) is 43.5 Å². The van der Waals surface area contributed by atoms with E-state index in [0.29, 0.717) is 36.9 Å². The Labute approximate surface area is 200 Å². The van der Waals surface area contributed by atoms with Crippen LogP contribution in [0.2, 0.25) is 0 Å². The summed E-state index contributed by atoms with van der Waals surface area (Å²) in [4.78, 5) is 24.2. The van der Waals surface area contributed by atoms with Crippen LogP contribution in [-0.2, 0) is 25.4 Å². The minimum Gasteiger partial charge on any atom is -0.493 e. The summed E-state index contributed by atoms with van der Waals surface area (Å²) in [6, 6.07) is 9.46. The molecule has 8 nitrogen and oxygen atoms in total. The first-order chi connectivity index (χ1) is 16.3. The lowest BCUT2D eigenvalue weighted by Gasteiger charge is -2.27. The Morgan fingerprint density at radius 3 is 2.41 bits per heavy atom. The van der Waals surface area contributed by atoms with Crippen LogP contribution < -0.4 is 14.2 Å². The Kier molecular flexibility index (Phi) is 8.52. The molecular formula is C26H32O8. The summed E-state index contributed by atoms with van der Waals surface area (Å²) < 4.78 is 32.9. The number of ketones is 1. The maximum absolute atomic E-state index is 12.2. The predicted molar refractivity (Wildman–Crippen MR) is 126 cm³/mol. The third-order valence-corrected chi connectivity index (χ3v) is 5.44. The summed E-state index contributed by atoms with van der Waals surface area (Å²) in [6.07, 6.45) is 1.25. The fraction of sp³-hybridized carbons (Fsp3) is 0.462. The van der Waals surface area contributed by atoms with E-state index < -0.39 is 11.6 Å². The van der Waals surface area contributed by atoms with E-state index >= 15 is 0 Å². The van der Waals surface area contributed by atoms with Gasteiger partial charge in [0.15, 0.2) is 17.3 Å². The van der Waals surface area contributed by atoms with Gasteiger partial charge < -0.3 is 28.4 Å². The molecule has 0 saturated heterocycles. The van der Waals surface area contributed by atoms with E-state index in [4.69, 9.17) is 28.4 Å². The topological polar surface area (TPSA) is 89.5 Å². The van der Waals surface area contributed by atoms with Crippen LogP contribution in [0.1, 0.15) is 36.2 Å². The smallest absolute Gasteiger partial charge is 0.332 e. The number of benzene rings is 2. The lowest BCUT2D eigenvalue weighted by Crippen LogP contribution is -2.36. The average molecular weight is 473 g/mol. The van der Waals surface area contributed by atoms with Gasteiger partial charge in [-0.3, -0.25) is 4.79 Å². The second kappa shape index (κ2) is 11.4. The fourth-order valence-electron chi connectivity index (χ4n) is 3.80. The van der Waals surface area contributed by atoms with Crippen LogP contribution in [0, 0.1) is 0 Å². The van der Waals surface area contributed by atoms with Crippen LogP contribution in [0.15, 0.2) is 30.3 Å². The largest absolute Gasteiger partial charge is 0.493 e. The van der Waals surface area contributed by atoms with Gasteiger partial charge in [-0.1, -0.05) is 18.2 Å². The first-order valence-electron chi connectivity index (χ1n) is 11.1. The molecule has 2 aromatic carbocycles. The number of carbonyl (C=O) groups excluding carboxylic acids is 2. The van der Waals surface area contributed by atoms with Gasteiger partial charge in [0.1, 0.15) is 18.8 Å². The number of fused-ring (bicyclic) bond motifs is 1. The second-order valence-electron chi connectivity index (χ2n) is 8.54. The quantitative estimate of drug-likeness (QED) is 0.340. The van der Waals surface area contributed by atoms with Gasteiger partial charge in [0.05, 0.1) is 27.4 Å². The van der Waals surface area contributed by atoms with Crippen molar-refractivity contribution >= 4 is 11.8 Å². The predicted octanol–water partition coefficient (Wildman–Crippen LogP) is 3.86. The van der Waals surface area contributed by atoms with Crippen molar-refractivity contribution in [3.05, 3.63) is 41.5 Å². The van der Waals surface area contributed by atoms with Crippen LogP contribution in [-0.4, -0.2) is 65.1 Å². The summed E-state index contributed by atoms with van der Waals surface area (Å²) in [6.45, 7) is 4.11. The Morgan fingerprint density at radius 1 is 0.941 bits per heavy atom. The molecule has 0 amide bonds. The molecule has 0 spiro atoms. The van der Waals surface area contributed by atoms with Crippen molar-refractivity contribution in [3.8, 4) is 28.4 Å². The first kappa shape index (κ1) is 25.5. The minimum absolute atomic E-state index is 0.0662. The molecule has 1 aliphatic rings. The molecule has 0 bridgehead atoms. The van der Waals surface area contributed by atoms with E-state index in [-0.39, 0.29) is 19.0 Å². The zero-order chi connectivity index (χ0) is 24.7. The van der Waals surface area contributed by atoms with Gasteiger partial charge in [-0.15, -0.1) is 0 Å². The van der Waals surface area contributed by atoms with Crippen molar-refractivity contribution in [1.29, 1.82) is 0 Å². The first-order valence-corrected chi connectivity index (χ1v) is 11.1. The number of carbonyl (C=O) groups is 2. The highest BCUT2D eigenvalue weighted by atomic mass is 16.6. The molecule has 0 N–H and O–H groups in total. The molecule has 0 aliphatic heterocycles. The molecule has 34 heavy (non-hydrogen) atoms. The van der Waals surface area contributed by atoms with E-state index in [1.54, 1.807) is 35.2 Å². The Hall–Kier alpha value is -3.10. The molecule has 2 aromatic rings. The molecule has 0 saturated carbocycles. The summed E-state index contributed by atoms with van der Waals surface area (Å²) in [7, 11) is 4.65. The lowest BCUT2D eigenvalue weighted by atomic mass is 9.99. The van der Waals surface area contributed by atoms with E-state index in [9.17, 15) is 9.59 Å². The van der Waals surface area contributed by atoms with Crippen LogP contribution in [0.4, 0.5) is 0 Å². The van der Waals surface area contributed by atoms with Crippen molar-refractivity contribution in [2.45, 2.75) is 32.3 Å². The van der Waals surface area contributed by atoms with E-state index in [1.807, 2.05) is 30.3 Å². The zero-order valence-corrected chi connectivity index (χ0v) is 20.4. The summed E-state index contributed by atoms with van der Waals surface area (Å²) >= 11 is 0. The van der Waals surface area contributed by atoms with E-state index in [1.165, 1.54) is 0 Å². The Morgan fingerprint density at radius 2 is 1.71 bits per heavy atom. The Balaban J connectivity index is 1.82.